The summed E-state index contributed by atoms with van der Waals surface area (Å²) >= 11 is 0. The molecule has 0 aliphatic heterocycles. The summed E-state index contributed by atoms with van der Waals surface area (Å²) in [6, 6.07) is 5.63. The van der Waals surface area contributed by atoms with E-state index in [0.717, 1.165) is 6.07 Å². The third kappa shape index (κ3) is 2.84. The van der Waals surface area contributed by atoms with E-state index in [0.29, 0.717) is 25.7 Å². The Balaban J connectivity index is 2.19. The molecule has 0 saturated heterocycles. The third-order valence-electron chi connectivity index (χ3n) is 4.49. The maximum absolute atomic E-state index is 13.4. The lowest BCUT2D eigenvalue weighted by atomic mass is 9.78. The van der Waals surface area contributed by atoms with Gasteiger partial charge in [0.25, 0.3) is 0 Å². The summed E-state index contributed by atoms with van der Waals surface area (Å²) in [5, 5.41) is 18.3. The van der Waals surface area contributed by atoms with Gasteiger partial charge in [-0.1, -0.05) is 0 Å². The highest BCUT2D eigenvalue weighted by molar-refractivity contribution is 5.79. The van der Waals surface area contributed by atoms with Gasteiger partial charge in [-0.25, -0.2) is 0 Å². The Labute approximate surface area is 135 Å². The summed E-state index contributed by atoms with van der Waals surface area (Å²) in [5.74, 6) is -2.34. The van der Waals surface area contributed by atoms with Gasteiger partial charge in [-0.2, -0.15) is 18.4 Å². The topological polar surface area (TPSA) is 74.2 Å². The number of hydrogen-bond donors (Lipinski definition) is 1. The molecule has 0 bridgehead atoms. The lowest BCUT2D eigenvalue weighted by Crippen LogP contribution is -2.24. The molecule has 0 amide bonds. The fraction of sp³-hybridized carbons (Fsp3) is 0.412. The molecule has 0 atom stereocenters. The van der Waals surface area contributed by atoms with Crippen molar-refractivity contribution in [1.29, 1.82) is 5.26 Å². The van der Waals surface area contributed by atoms with Gasteiger partial charge in [0.15, 0.2) is 5.43 Å². The van der Waals surface area contributed by atoms with E-state index in [9.17, 15) is 23.1 Å². The molecule has 1 aliphatic rings. The maximum atomic E-state index is 13.4. The number of hydrogen-bond acceptors (Lipinski definition) is 4. The van der Waals surface area contributed by atoms with Crippen LogP contribution in [0.2, 0.25) is 0 Å². The van der Waals surface area contributed by atoms with Crippen molar-refractivity contribution in [3.8, 4) is 11.8 Å². The van der Waals surface area contributed by atoms with Gasteiger partial charge in [0.2, 0.25) is 5.76 Å². The Morgan fingerprint density at radius 1 is 1.21 bits per heavy atom. The smallest absolute Gasteiger partial charge is 0.449 e. The summed E-state index contributed by atoms with van der Waals surface area (Å²) in [6.45, 7) is 0. The van der Waals surface area contributed by atoms with Crippen molar-refractivity contribution in [3.05, 3.63) is 39.7 Å². The van der Waals surface area contributed by atoms with Crippen molar-refractivity contribution in [2.75, 3.05) is 0 Å². The van der Waals surface area contributed by atoms with E-state index in [-0.39, 0.29) is 28.2 Å². The molecular weight excluding hydrogens is 323 g/mol. The van der Waals surface area contributed by atoms with Crippen LogP contribution in [-0.4, -0.2) is 5.11 Å². The largest absolute Gasteiger partial charge is 0.508 e. The van der Waals surface area contributed by atoms with Gasteiger partial charge in [-0.05, 0) is 43.7 Å². The molecule has 24 heavy (non-hydrogen) atoms. The number of fused-ring (bicyclic) bond motifs is 1. The van der Waals surface area contributed by atoms with Gasteiger partial charge in [-0.15, -0.1) is 0 Å². The molecule has 1 heterocycles. The first-order chi connectivity index (χ1) is 11.3. The van der Waals surface area contributed by atoms with Crippen LogP contribution in [0, 0.1) is 17.2 Å². The lowest BCUT2D eigenvalue weighted by Gasteiger charge is -2.26. The zero-order valence-electron chi connectivity index (χ0n) is 12.6. The second-order valence-electron chi connectivity index (χ2n) is 6.03. The van der Waals surface area contributed by atoms with Gasteiger partial charge in [0.1, 0.15) is 11.3 Å². The molecule has 7 heteroatoms. The Morgan fingerprint density at radius 2 is 1.88 bits per heavy atom. The van der Waals surface area contributed by atoms with E-state index in [1.807, 2.05) is 0 Å². The van der Waals surface area contributed by atoms with Crippen molar-refractivity contribution in [3.63, 3.8) is 0 Å². The van der Waals surface area contributed by atoms with Crippen LogP contribution in [0.1, 0.15) is 42.9 Å². The summed E-state index contributed by atoms with van der Waals surface area (Å²) in [6.07, 6.45) is -3.19. The molecule has 0 unspecified atom stereocenters. The van der Waals surface area contributed by atoms with E-state index in [1.165, 1.54) is 12.1 Å². The molecule has 1 fully saturated rings. The summed E-state index contributed by atoms with van der Waals surface area (Å²) in [4.78, 5) is 12.7. The van der Waals surface area contributed by atoms with Crippen LogP contribution < -0.4 is 5.43 Å². The number of rotatable bonds is 1. The molecule has 1 aliphatic carbocycles. The molecule has 1 saturated carbocycles. The van der Waals surface area contributed by atoms with Gasteiger partial charge in [0, 0.05) is 12.0 Å². The molecule has 1 aromatic heterocycles. The van der Waals surface area contributed by atoms with Crippen LogP contribution in [0.15, 0.2) is 27.4 Å². The van der Waals surface area contributed by atoms with Crippen molar-refractivity contribution in [2.24, 2.45) is 5.92 Å². The number of halogens is 3. The molecular formula is C17H14F3NO3. The fourth-order valence-corrected chi connectivity index (χ4v) is 3.29. The number of nitrogens with zero attached hydrogens (tertiary/aromatic N) is 1. The Kier molecular flexibility index (Phi) is 3.99. The first-order valence-electron chi connectivity index (χ1n) is 7.57. The number of nitriles is 1. The number of benzene rings is 1. The van der Waals surface area contributed by atoms with Crippen LogP contribution in [-0.2, 0) is 6.18 Å². The van der Waals surface area contributed by atoms with Gasteiger partial charge >= 0.3 is 6.18 Å². The van der Waals surface area contributed by atoms with E-state index >= 15 is 0 Å². The Morgan fingerprint density at radius 3 is 2.46 bits per heavy atom. The quantitative estimate of drug-likeness (QED) is 0.841. The second-order valence-corrected chi connectivity index (χ2v) is 6.03. The van der Waals surface area contributed by atoms with E-state index in [2.05, 4.69) is 6.07 Å². The van der Waals surface area contributed by atoms with Crippen molar-refractivity contribution in [2.45, 2.75) is 37.8 Å². The second kappa shape index (κ2) is 5.86. The summed E-state index contributed by atoms with van der Waals surface area (Å²) < 4.78 is 45.2. The molecule has 4 nitrogen and oxygen atoms in total. The SMILES string of the molecule is N#C[C@H]1CC[C@H](c2c(C(F)(F)F)oc3cc(O)ccc3c2=O)CC1. The van der Waals surface area contributed by atoms with Gasteiger partial charge in [-0.3, -0.25) is 4.79 Å². The van der Waals surface area contributed by atoms with Crippen LogP contribution >= 0.6 is 0 Å². The highest BCUT2D eigenvalue weighted by Crippen LogP contribution is 2.41. The minimum atomic E-state index is -4.81. The standard InChI is InChI=1S/C17H14F3NO3/c18-17(19,20)16-14(10-3-1-9(8-21)2-4-10)15(23)12-6-5-11(22)7-13(12)24-16/h5-7,9-10,22H,1-4H2/t9-,10-. The maximum Gasteiger partial charge on any atom is 0.449 e. The average molecular weight is 337 g/mol. The molecule has 1 N–H and O–H groups in total. The minimum absolute atomic E-state index is 0.0122. The van der Waals surface area contributed by atoms with Crippen molar-refractivity contribution in [1.82, 2.24) is 0 Å². The Bertz CT molecular complexity index is 871. The van der Waals surface area contributed by atoms with E-state index < -0.39 is 23.3 Å². The number of phenols is 1. The predicted molar refractivity (Wildman–Crippen MR) is 79.5 cm³/mol. The monoisotopic (exact) mass is 337 g/mol. The normalized spacial score (nSPS) is 21.6. The molecule has 0 spiro atoms. The van der Waals surface area contributed by atoms with Crippen molar-refractivity contribution >= 4 is 11.0 Å². The first kappa shape index (κ1) is 16.4. The molecule has 1 aromatic carbocycles. The molecule has 126 valence electrons. The van der Waals surface area contributed by atoms with Gasteiger partial charge in [0.05, 0.1) is 17.0 Å². The fourth-order valence-electron chi connectivity index (χ4n) is 3.29. The molecule has 0 radical (unpaired) electrons. The average Bonchev–Trinajstić information content (AvgIpc) is 2.53. The van der Waals surface area contributed by atoms with Crippen LogP contribution in [0.5, 0.6) is 5.75 Å². The zero-order chi connectivity index (χ0) is 17.5. The number of phenolic OH excluding ortho intramolecular Hbond substituents is 1. The van der Waals surface area contributed by atoms with E-state index in [4.69, 9.17) is 9.68 Å². The van der Waals surface area contributed by atoms with Gasteiger partial charge < -0.3 is 9.52 Å². The Hall–Kier alpha value is -2.49. The first-order valence-corrected chi connectivity index (χ1v) is 7.57. The summed E-state index contributed by atoms with van der Waals surface area (Å²) in [5.41, 5.74) is -1.37. The van der Waals surface area contributed by atoms with Crippen LogP contribution in [0.4, 0.5) is 13.2 Å². The number of alkyl halides is 3. The van der Waals surface area contributed by atoms with Crippen LogP contribution in [0.3, 0.4) is 0 Å². The molecule has 3 rings (SSSR count). The van der Waals surface area contributed by atoms with E-state index in [1.54, 1.807) is 0 Å². The predicted octanol–water partition coefficient (Wildman–Crippen LogP) is 4.31. The van der Waals surface area contributed by atoms with Crippen molar-refractivity contribution < 1.29 is 22.7 Å². The highest BCUT2D eigenvalue weighted by atomic mass is 19.4. The molecule has 2 aromatic rings. The third-order valence-corrected chi connectivity index (χ3v) is 4.49. The lowest BCUT2D eigenvalue weighted by molar-refractivity contribution is -0.154. The van der Waals surface area contributed by atoms with Crippen LogP contribution in [0.25, 0.3) is 11.0 Å². The highest BCUT2D eigenvalue weighted by Gasteiger charge is 2.41. The minimum Gasteiger partial charge on any atom is -0.508 e. The number of aromatic hydroxyl groups is 1. The zero-order valence-corrected chi connectivity index (χ0v) is 12.6. The summed E-state index contributed by atoms with van der Waals surface area (Å²) in [7, 11) is 0.